The number of carboxylic acids is 1. The molecule has 0 saturated carbocycles. The van der Waals surface area contributed by atoms with Gasteiger partial charge in [0.2, 0.25) is 5.91 Å². The highest BCUT2D eigenvalue weighted by Crippen LogP contribution is 2.41. The van der Waals surface area contributed by atoms with Crippen LogP contribution >= 0.6 is 0 Å². The lowest BCUT2D eigenvalue weighted by Gasteiger charge is -2.34. The third kappa shape index (κ3) is 2.60. The number of ether oxygens (including phenoxy) is 1. The van der Waals surface area contributed by atoms with Crippen molar-refractivity contribution >= 4 is 11.9 Å². The summed E-state index contributed by atoms with van der Waals surface area (Å²) in [7, 11) is 0. The maximum atomic E-state index is 11.9. The maximum absolute atomic E-state index is 11.9. The fraction of sp³-hybridized carbons (Fsp3) is 0.429. The first-order valence-corrected chi connectivity index (χ1v) is 6.43. The van der Waals surface area contributed by atoms with Crippen LogP contribution in [0.3, 0.4) is 0 Å². The zero-order valence-corrected chi connectivity index (χ0v) is 11.0. The second-order valence-corrected chi connectivity index (χ2v) is 4.73. The number of nitrogens with one attached hydrogen (secondary N) is 1. The van der Waals surface area contributed by atoms with E-state index in [0.717, 1.165) is 0 Å². The molecule has 6 heteroatoms. The van der Waals surface area contributed by atoms with Gasteiger partial charge in [0.05, 0.1) is 13.2 Å². The average Bonchev–Trinajstić information content (AvgIpc) is 2.45. The van der Waals surface area contributed by atoms with Crippen LogP contribution in [0.5, 0.6) is 5.75 Å². The van der Waals surface area contributed by atoms with Gasteiger partial charge in [-0.3, -0.25) is 9.59 Å². The highest BCUT2D eigenvalue weighted by Gasteiger charge is 2.46. The molecular formula is C14H17NO5. The van der Waals surface area contributed by atoms with Crippen LogP contribution in [-0.4, -0.2) is 41.8 Å². The quantitative estimate of drug-likeness (QED) is 0.720. The summed E-state index contributed by atoms with van der Waals surface area (Å²) in [5, 5.41) is 20.8. The number of para-hydroxylation sites is 1. The lowest BCUT2D eigenvalue weighted by Crippen LogP contribution is -2.45. The van der Waals surface area contributed by atoms with Crippen molar-refractivity contribution in [3.63, 3.8) is 0 Å². The molecule has 2 rings (SSSR count). The van der Waals surface area contributed by atoms with Crippen molar-refractivity contribution < 1.29 is 24.5 Å². The fourth-order valence-corrected chi connectivity index (χ4v) is 2.47. The molecule has 1 heterocycles. The summed E-state index contributed by atoms with van der Waals surface area (Å²) in [4.78, 5) is 23.6. The van der Waals surface area contributed by atoms with Crippen molar-refractivity contribution in [2.45, 2.75) is 18.3 Å². The van der Waals surface area contributed by atoms with Gasteiger partial charge in [0.15, 0.2) is 0 Å². The second-order valence-electron chi connectivity index (χ2n) is 4.73. The molecule has 0 spiro atoms. The van der Waals surface area contributed by atoms with Crippen molar-refractivity contribution in [3.05, 3.63) is 29.8 Å². The number of benzene rings is 1. The molecule has 0 aromatic heterocycles. The average molecular weight is 279 g/mol. The number of hydrogen-bond donors (Lipinski definition) is 3. The second kappa shape index (κ2) is 5.92. The number of aliphatic hydroxyl groups excluding tert-OH is 1. The zero-order valence-electron chi connectivity index (χ0n) is 11.0. The van der Waals surface area contributed by atoms with Crippen molar-refractivity contribution in [2.24, 2.45) is 0 Å². The molecule has 0 saturated heterocycles. The van der Waals surface area contributed by atoms with Crippen molar-refractivity contribution in [2.75, 3.05) is 19.8 Å². The minimum absolute atomic E-state index is 0.118. The van der Waals surface area contributed by atoms with Crippen LogP contribution in [0.2, 0.25) is 0 Å². The number of hydrogen-bond acceptors (Lipinski definition) is 4. The van der Waals surface area contributed by atoms with Gasteiger partial charge in [-0.25, -0.2) is 0 Å². The summed E-state index contributed by atoms with van der Waals surface area (Å²) in [6.07, 6.45) is 0.0780. The van der Waals surface area contributed by atoms with Gasteiger partial charge in [-0.1, -0.05) is 18.2 Å². The van der Waals surface area contributed by atoms with Crippen molar-refractivity contribution in [3.8, 4) is 5.75 Å². The lowest BCUT2D eigenvalue weighted by atomic mass is 9.73. The van der Waals surface area contributed by atoms with Gasteiger partial charge in [-0.2, -0.15) is 0 Å². The highest BCUT2D eigenvalue weighted by atomic mass is 16.5. The molecule has 1 aromatic carbocycles. The number of carbonyl (C=O) groups excluding carboxylic acids is 1. The predicted octanol–water partition coefficient (Wildman–Crippen LogP) is 0.290. The summed E-state index contributed by atoms with van der Waals surface area (Å²) in [5.74, 6) is -0.915. The minimum Gasteiger partial charge on any atom is -0.493 e. The molecular weight excluding hydrogens is 262 g/mol. The van der Waals surface area contributed by atoms with E-state index in [0.29, 0.717) is 11.3 Å². The Kier molecular flexibility index (Phi) is 4.24. The Labute approximate surface area is 116 Å². The van der Waals surface area contributed by atoms with Gasteiger partial charge < -0.3 is 20.3 Å². The molecule has 0 aliphatic carbocycles. The Morgan fingerprint density at radius 3 is 2.80 bits per heavy atom. The molecule has 1 aromatic rings. The van der Waals surface area contributed by atoms with E-state index >= 15 is 0 Å². The topological polar surface area (TPSA) is 95.9 Å². The first-order chi connectivity index (χ1) is 9.60. The molecule has 1 aliphatic heterocycles. The largest absolute Gasteiger partial charge is 0.493 e. The number of aliphatic hydroxyl groups is 1. The number of aliphatic carboxylic acids is 1. The Hall–Kier alpha value is -2.08. The van der Waals surface area contributed by atoms with Crippen LogP contribution in [0.15, 0.2) is 24.3 Å². The van der Waals surface area contributed by atoms with Gasteiger partial charge in [-0.15, -0.1) is 0 Å². The van der Waals surface area contributed by atoms with E-state index in [1.54, 1.807) is 24.3 Å². The van der Waals surface area contributed by atoms with Gasteiger partial charge in [0.25, 0.3) is 0 Å². The summed E-state index contributed by atoms with van der Waals surface area (Å²) >= 11 is 0. The molecule has 0 fully saturated rings. The molecule has 3 N–H and O–H groups in total. The Balaban J connectivity index is 2.32. The van der Waals surface area contributed by atoms with Gasteiger partial charge in [0, 0.05) is 24.9 Å². The van der Waals surface area contributed by atoms with E-state index < -0.39 is 17.3 Å². The fourth-order valence-electron chi connectivity index (χ4n) is 2.47. The summed E-state index contributed by atoms with van der Waals surface area (Å²) in [6.45, 7) is 0.203. The van der Waals surface area contributed by atoms with Gasteiger partial charge >= 0.3 is 5.97 Å². The maximum Gasteiger partial charge on any atom is 0.314 e. The molecule has 108 valence electrons. The number of fused-ring (bicyclic) bond motifs is 1. The van der Waals surface area contributed by atoms with Crippen LogP contribution in [0.25, 0.3) is 0 Å². The monoisotopic (exact) mass is 279 g/mol. The zero-order chi connectivity index (χ0) is 14.6. The van der Waals surface area contributed by atoms with Crippen LogP contribution in [0.4, 0.5) is 0 Å². The van der Waals surface area contributed by atoms with Gasteiger partial charge in [0.1, 0.15) is 11.2 Å². The number of rotatable bonds is 5. The molecule has 1 aliphatic rings. The number of carboxylic acid groups (broad SMARTS) is 1. The summed E-state index contributed by atoms with van der Waals surface area (Å²) < 4.78 is 5.46. The van der Waals surface area contributed by atoms with Gasteiger partial charge in [-0.05, 0) is 6.07 Å². The van der Waals surface area contributed by atoms with E-state index in [-0.39, 0.29) is 32.6 Å². The van der Waals surface area contributed by atoms with E-state index in [2.05, 4.69) is 5.32 Å². The Bertz CT molecular complexity index is 516. The minimum atomic E-state index is -1.27. The highest BCUT2D eigenvalue weighted by molar-refractivity contribution is 5.90. The predicted molar refractivity (Wildman–Crippen MR) is 70.6 cm³/mol. The third-order valence-electron chi connectivity index (χ3n) is 3.49. The van der Waals surface area contributed by atoms with Crippen LogP contribution < -0.4 is 10.1 Å². The Morgan fingerprint density at radius 2 is 2.10 bits per heavy atom. The molecule has 1 amide bonds. The third-order valence-corrected chi connectivity index (χ3v) is 3.49. The first-order valence-electron chi connectivity index (χ1n) is 6.43. The Morgan fingerprint density at radius 1 is 1.35 bits per heavy atom. The SMILES string of the molecule is O=C(CC1(C(=O)O)CCOc2ccccc21)NCCO. The molecule has 0 radical (unpaired) electrons. The van der Waals surface area contributed by atoms with Crippen LogP contribution in [-0.2, 0) is 15.0 Å². The summed E-state index contributed by atoms with van der Waals surface area (Å²) in [5.41, 5.74) is -0.744. The van der Waals surface area contributed by atoms with E-state index in [4.69, 9.17) is 9.84 Å². The van der Waals surface area contributed by atoms with Crippen molar-refractivity contribution in [1.29, 1.82) is 0 Å². The number of amides is 1. The molecule has 0 bridgehead atoms. The smallest absolute Gasteiger partial charge is 0.314 e. The summed E-state index contributed by atoms with van der Waals surface area (Å²) in [6, 6.07) is 6.89. The lowest BCUT2D eigenvalue weighted by molar-refractivity contribution is -0.147. The number of carbonyl (C=O) groups is 2. The van der Waals surface area contributed by atoms with Crippen LogP contribution in [0.1, 0.15) is 18.4 Å². The molecule has 1 atom stereocenters. The van der Waals surface area contributed by atoms with Crippen molar-refractivity contribution in [1.82, 2.24) is 5.32 Å². The van der Waals surface area contributed by atoms with E-state index in [1.165, 1.54) is 0 Å². The van der Waals surface area contributed by atoms with E-state index in [9.17, 15) is 14.7 Å². The standard InChI is InChI=1S/C14H17NO5/c16-7-6-15-12(17)9-14(13(18)19)5-8-20-11-4-2-1-3-10(11)14/h1-4,16H,5-9H2,(H,15,17)(H,18,19). The normalized spacial score (nSPS) is 20.6. The molecule has 1 unspecified atom stereocenters. The molecule has 6 nitrogen and oxygen atoms in total. The first kappa shape index (κ1) is 14.3. The van der Waals surface area contributed by atoms with E-state index in [1.807, 2.05) is 0 Å². The molecule has 20 heavy (non-hydrogen) atoms. The van der Waals surface area contributed by atoms with Crippen LogP contribution in [0, 0.1) is 0 Å².